The number of nitrogens with zero attached hydrogens (tertiary/aromatic N) is 2. The van der Waals surface area contributed by atoms with Crippen molar-refractivity contribution in [2.75, 3.05) is 13.7 Å². The Morgan fingerprint density at radius 2 is 1.97 bits per heavy atom. The number of rotatable bonds is 6. The Bertz CT molecular complexity index is 1530. The highest BCUT2D eigenvalue weighted by Gasteiger charge is 2.33. The number of thiazole rings is 1. The first kappa shape index (κ1) is 25.9. The molecule has 2 heterocycles. The van der Waals surface area contributed by atoms with Gasteiger partial charge in [-0.1, -0.05) is 65.4 Å². The summed E-state index contributed by atoms with van der Waals surface area (Å²) in [4.78, 5) is 31.8. The van der Waals surface area contributed by atoms with Gasteiger partial charge in [0.2, 0.25) is 0 Å². The summed E-state index contributed by atoms with van der Waals surface area (Å²) in [5.74, 6) is 0.0563. The summed E-state index contributed by atoms with van der Waals surface area (Å²) >= 11 is 4.61. The van der Waals surface area contributed by atoms with Crippen LogP contribution in [0.1, 0.15) is 56.3 Å². The number of carbonyl (C=O) groups is 1. The minimum absolute atomic E-state index is 0.0734. The van der Waals surface area contributed by atoms with E-state index in [1.165, 1.54) is 23.0 Å². The third-order valence-electron chi connectivity index (χ3n) is 6.01. The van der Waals surface area contributed by atoms with Crippen molar-refractivity contribution in [2.45, 2.75) is 39.7 Å². The van der Waals surface area contributed by atoms with Gasteiger partial charge in [-0.2, -0.15) is 0 Å². The lowest BCUT2D eigenvalue weighted by atomic mass is 9.93. The molecule has 1 aliphatic rings. The number of esters is 1. The predicted octanol–water partition coefficient (Wildman–Crippen LogP) is 4.40. The molecule has 0 amide bonds. The van der Waals surface area contributed by atoms with Gasteiger partial charge in [0.1, 0.15) is 0 Å². The highest BCUT2D eigenvalue weighted by atomic mass is 79.9. The summed E-state index contributed by atoms with van der Waals surface area (Å²) in [5, 5.41) is 10.6. The van der Waals surface area contributed by atoms with E-state index in [4.69, 9.17) is 9.47 Å². The summed E-state index contributed by atoms with van der Waals surface area (Å²) in [5.41, 5.74) is 2.89. The Kier molecular flexibility index (Phi) is 7.51. The second-order valence-corrected chi connectivity index (χ2v) is 10.6. The van der Waals surface area contributed by atoms with Crippen LogP contribution in [0, 0.1) is 0 Å². The lowest BCUT2D eigenvalue weighted by Crippen LogP contribution is -2.39. The molecule has 1 aliphatic heterocycles. The Hall–Kier alpha value is -3.17. The zero-order valence-corrected chi connectivity index (χ0v) is 23.1. The first-order valence-corrected chi connectivity index (χ1v) is 13.1. The van der Waals surface area contributed by atoms with Gasteiger partial charge in [0, 0.05) is 10.0 Å². The van der Waals surface area contributed by atoms with E-state index in [0.717, 1.165) is 11.1 Å². The van der Waals surface area contributed by atoms with Gasteiger partial charge in [-0.05, 0) is 49.1 Å². The Balaban J connectivity index is 1.96. The normalized spacial score (nSPS) is 15.6. The summed E-state index contributed by atoms with van der Waals surface area (Å²) in [6, 6.07) is 10.6. The van der Waals surface area contributed by atoms with E-state index in [2.05, 4.69) is 34.8 Å². The molecule has 0 radical (unpaired) electrons. The molecule has 188 valence electrons. The maximum Gasteiger partial charge on any atom is 0.338 e. The number of hydrogen-bond acceptors (Lipinski definition) is 7. The summed E-state index contributed by atoms with van der Waals surface area (Å²) in [6.45, 7) is 7.93. The van der Waals surface area contributed by atoms with Crippen molar-refractivity contribution >= 4 is 39.3 Å². The SMILES string of the molecule is CCOC(=O)C1=C(C)N=c2sc(=Cc3cc(Br)cc(OC)c3O)c(=O)n2C1c1ccc(C(C)C)cc1. The molecule has 36 heavy (non-hydrogen) atoms. The van der Waals surface area contributed by atoms with Crippen LogP contribution in [0.3, 0.4) is 0 Å². The van der Waals surface area contributed by atoms with Crippen LogP contribution < -0.4 is 19.6 Å². The van der Waals surface area contributed by atoms with Crippen LogP contribution in [-0.2, 0) is 9.53 Å². The molecule has 1 unspecified atom stereocenters. The van der Waals surface area contributed by atoms with E-state index in [-0.39, 0.29) is 23.7 Å². The molecule has 4 rings (SSSR count). The largest absolute Gasteiger partial charge is 0.504 e. The highest BCUT2D eigenvalue weighted by molar-refractivity contribution is 9.10. The fraction of sp³-hybridized carbons (Fsp3) is 0.296. The average molecular weight is 571 g/mol. The zero-order chi connectivity index (χ0) is 26.1. The van der Waals surface area contributed by atoms with Crippen LogP contribution in [0.2, 0.25) is 0 Å². The van der Waals surface area contributed by atoms with E-state index in [0.29, 0.717) is 36.6 Å². The van der Waals surface area contributed by atoms with Crippen LogP contribution in [0.15, 0.2) is 61.9 Å². The monoisotopic (exact) mass is 570 g/mol. The molecule has 9 heteroatoms. The van der Waals surface area contributed by atoms with Crippen molar-refractivity contribution in [1.82, 2.24) is 4.57 Å². The number of halogens is 1. The van der Waals surface area contributed by atoms with Crippen LogP contribution in [-0.4, -0.2) is 29.4 Å². The molecule has 1 N–H and O–H groups in total. The van der Waals surface area contributed by atoms with Crippen molar-refractivity contribution in [2.24, 2.45) is 4.99 Å². The van der Waals surface area contributed by atoms with Crippen LogP contribution >= 0.6 is 27.3 Å². The molecule has 0 spiro atoms. The first-order chi connectivity index (χ1) is 17.2. The molecule has 3 aromatic rings. The number of hydrogen-bond donors (Lipinski definition) is 1. The van der Waals surface area contributed by atoms with E-state index in [1.54, 1.807) is 32.1 Å². The maximum absolute atomic E-state index is 13.7. The molecule has 0 bridgehead atoms. The third-order valence-corrected chi connectivity index (χ3v) is 7.45. The highest BCUT2D eigenvalue weighted by Crippen LogP contribution is 2.34. The van der Waals surface area contributed by atoms with E-state index < -0.39 is 12.0 Å². The summed E-state index contributed by atoms with van der Waals surface area (Å²) in [6.07, 6.45) is 1.61. The summed E-state index contributed by atoms with van der Waals surface area (Å²) < 4.78 is 13.2. The van der Waals surface area contributed by atoms with Crippen molar-refractivity contribution in [3.63, 3.8) is 0 Å². The number of phenolic OH excluding ortho intramolecular Hbond substituents is 1. The molecule has 1 aromatic heterocycles. The lowest BCUT2D eigenvalue weighted by molar-refractivity contribution is -0.139. The second-order valence-electron chi connectivity index (χ2n) is 8.67. The van der Waals surface area contributed by atoms with E-state index >= 15 is 0 Å². The van der Waals surface area contributed by atoms with E-state index in [1.807, 2.05) is 24.3 Å². The molecular weight excluding hydrogens is 544 g/mol. The Morgan fingerprint density at radius 1 is 1.28 bits per heavy atom. The van der Waals surface area contributed by atoms with Gasteiger partial charge in [-0.25, -0.2) is 9.79 Å². The Morgan fingerprint density at radius 3 is 2.58 bits per heavy atom. The minimum atomic E-state index is -0.686. The molecule has 1 atom stereocenters. The smallest absolute Gasteiger partial charge is 0.338 e. The van der Waals surface area contributed by atoms with Crippen molar-refractivity contribution in [1.29, 1.82) is 0 Å². The number of aromatic nitrogens is 1. The van der Waals surface area contributed by atoms with Gasteiger partial charge in [-0.15, -0.1) is 0 Å². The number of aromatic hydroxyl groups is 1. The van der Waals surface area contributed by atoms with Crippen molar-refractivity contribution in [3.05, 3.63) is 88.5 Å². The standard InChI is InChI=1S/C27H27BrN2O5S/c1-6-35-26(33)22-15(4)29-27-30(23(22)17-9-7-16(8-10-17)14(2)3)25(32)21(36-27)12-18-11-19(28)13-20(34-5)24(18)31/h7-14,23,31H,6H2,1-5H3. The van der Waals surface area contributed by atoms with Crippen LogP contribution in [0.4, 0.5) is 0 Å². The number of methoxy groups -OCH3 is 1. The maximum atomic E-state index is 13.7. The number of ether oxygens (including phenoxy) is 2. The molecule has 2 aromatic carbocycles. The fourth-order valence-corrected chi connectivity index (χ4v) is 5.66. The molecule has 0 saturated carbocycles. The van der Waals surface area contributed by atoms with Gasteiger partial charge in [0.15, 0.2) is 16.3 Å². The van der Waals surface area contributed by atoms with Gasteiger partial charge in [-0.3, -0.25) is 9.36 Å². The number of fused-ring (bicyclic) bond motifs is 1. The quantitative estimate of drug-likeness (QED) is 0.444. The van der Waals surface area contributed by atoms with Crippen molar-refractivity contribution in [3.8, 4) is 11.5 Å². The third kappa shape index (κ3) is 4.77. The number of phenols is 1. The summed E-state index contributed by atoms with van der Waals surface area (Å²) in [7, 11) is 1.46. The van der Waals surface area contributed by atoms with Crippen LogP contribution in [0.5, 0.6) is 11.5 Å². The van der Waals surface area contributed by atoms with Crippen LogP contribution in [0.25, 0.3) is 6.08 Å². The number of allylic oxidation sites excluding steroid dienone is 1. The molecular formula is C27H27BrN2O5S. The van der Waals surface area contributed by atoms with Gasteiger partial charge >= 0.3 is 5.97 Å². The molecule has 0 saturated heterocycles. The topological polar surface area (TPSA) is 90.1 Å². The van der Waals surface area contributed by atoms with Gasteiger partial charge in [0.05, 0.1) is 35.6 Å². The molecule has 0 aliphatic carbocycles. The molecule has 0 fully saturated rings. The van der Waals surface area contributed by atoms with E-state index in [9.17, 15) is 14.7 Å². The average Bonchev–Trinajstić information content (AvgIpc) is 3.14. The lowest BCUT2D eigenvalue weighted by Gasteiger charge is -2.25. The molecule has 7 nitrogen and oxygen atoms in total. The van der Waals surface area contributed by atoms with Gasteiger partial charge < -0.3 is 14.6 Å². The number of benzene rings is 2. The second kappa shape index (κ2) is 10.4. The minimum Gasteiger partial charge on any atom is -0.504 e. The van der Waals surface area contributed by atoms with Gasteiger partial charge in [0.25, 0.3) is 5.56 Å². The number of carbonyl (C=O) groups excluding carboxylic acids is 1. The fourth-order valence-electron chi connectivity index (χ4n) is 4.17. The first-order valence-electron chi connectivity index (χ1n) is 11.5. The zero-order valence-electron chi connectivity index (χ0n) is 20.7. The Labute approximate surface area is 221 Å². The predicted molar refractivity (Wildman–Crippen MR) is 143 cm³/mol. The van der Waals surface area contributed by atoms with Crippen molar-refractivity contribution < 1.29 is 19.4 Å².